The number of anilines is 1. The summed E-state index contributed by atoms with van der Waals surface area (Å²) in [6.45, 7) is 0. The van der Waals surface area contributed by atoms with Crippen molar-refractivity contribution in [2.75, 3.05) is 12.4 Å². The van der Waals surface area contributed by atoms with Crippen molar-refractivity contribution in [3.8, 4) is 23.3 Å². The first-order valence-corrected chi connectivity index (χ1v) is 9.02. The molecule has 0 radical (unpaired) electrons. The van der Waals surface area contributed by atoms with Gasteiger partial charge in [0.15, 0.2) is 12.2 Å². The van der Waals surface area contributed by atoms with Gasteiger partial charge in [0.1, 0.15) is 17.5 Å². The van der Waals surface area contributed by atoms with Gasteiger partial charge in [0.25, 0.3) is 0 Å². The molecule has 4 aromatic rings. The number of fused-ring (bicyclic) bond motifs is 2. The Labute approximate surface area is 161 Å². The average molecular weight is 371 g/mol. The number of hydrogen-bond donors (Lipinski definition) is 2. The van der Waals surface area contributed by atoms with Gasteiger partial charge in [-0.2, -0.15) is 10.4 Å². The minimum Gasteiger partial charge on any atom is -0.495 e. The molecular weight excluding hydrogens is 354 g/mol. The monoisotopic (exact) mass is 371 g/mol. The van der Waals surface area contributed by atoms with E-state index < -0.39 is 0 Å². The van der Waals surface area contributed by atoms with Crippen LogP contribution >= 0.6 is 0 Å². The normalized spacial score (nSPS) is 15.4. The van der Waals surface area contributed by atoms with E-state index in [1.54, 1.807) is 13.3 Å². The topological polar surface area (TPSA) is 99.8 Å². The molecule has 2 aromatic heterocycles. The van der Waals surface area contributed by atoms with Crippen LogP contribution in [0.1, 0.15) is 29.2 Å². The lowest BCUT2D eigenvalue weighted by Crippen LogP contribution is -2.07. The minimum absolute atomic E-state index is 0.162. The molecule has 0 fully saturated rings. The van der Waals surface area contributed by atoms with Gasteiger partial charge in [-0.15, -0.1) is 0 Å². The quantitative estimate of drug-likeness (QED) is 0.558. The number of hydrogen-bond acceptors (Lipinski definition) is 6. The molecule has 138 valence electrons. The molecule has 0 saturated heterocycles. The molecule has 7 heteroatoms. The number of nitrogens with one attached hydrogen (secondary N) is 2. The van der Waals surface area contributed by atoms with Crippen molar-refractivity contribution >= 4 is 16.6 Å². The van der Waals surface area contributed by atoms with E-state index in [9.17, 15) is 5.26 Å². The van der Waals surface area contributed by atoms with Gasteiger partial charge in [-0.1, -0.05) is 6.07 Å². The number of benzene rings is 2. The summed E-state index contributed by atoms with van der Waals surface area (Å²) in [5.41, 5.74) is 5.55. The Hall–Kier alpha value is -3.79. The summed E-state index contributed by atoms with van der Waals surface area (Å²) in [6, 6.07) is 12.3. The fourth-order valence-electron chi connectivity index (χ4n) is 3.97. The van der Waals surface area contributed by atoms with Crippen LogP contribution < -0.4 is 10.1 Å². The van der Waals surface area contributed by atoms with Crippen molar-refractivity contribution in [1.82, 2.24) is 15.2 Å². The molecule has 2 aromatic carbocycles. The summed E-state index contributed by atoms with van der Waals surface area (Å²) in [5, 5.41) is 21.3. The Morgan fingerprint density at radius 3 is 3.04 bits per heavy atom. The fourth-order valence-corrected chi connectivity index (χ4v) is 3.97. The number of aromatic amines is 1. The first kappa shape index (κ1) is 16.4. The number of nitriles is 1. The minimum atomic E-state index is 0.162. The van der Waals surface area contributed by atoms with Crippen molar-refractivity contribution in [3.63, 3.8) is 0 Å². The van der Waals surface area contributed by atoms with Crippen molar-refractivity contribution in [2.45, 2.75) is 18.9 Å². The maximum atomic E-state index is 9.30. The number of methoxy groups -OCH3 is 1. The molecule has 0 spiro atoms. The molecule has 1 atom stereocenters. The molecule has 0 bridgehead atoms. The Kier molecular flexibility index (Phi) is 3.76. The van der Waals surface area contributed by atoms with Crippen LogP contribution in [-0.4, -0.2) is 22.3 Å². The van der Waals surface area contributed by atoms with Gasteiger partial charge in [0.2, 0.25) is 0 Å². The molecular formula is C21H17N5O2. The molecule has 5 rings (SSSR count). The standard InChI is InChI=1S/C21H17N5O2/c1-27-21-12(9-22)2-4-14-15(21)5-7-17(14)24-13-3-6-18-16(8-13)20(26-25-18)19-10-23-11-28-19/h2-4,6,8,10-11,17,24H,5,7H2,1H3,(H,25,26)/t17-/m1/s1. The lowest BCUT2D eigenvalue weighted by atomic mass is 10.0. The number of oxazole rings is 1. The highest BCUT2D eigenvalue weighted by Crippen LogP contribution is 2.41. The number of nitrogens with zero attached hydrogens (tertiary/aromatic N) is 3. The first-order chi connectivity index (χ1) is 13.8. The predicted molar refractivity (Wildman–Crippen MR) is 104 cm³/mol. The molecule has 0 saturated carbocycles. The van der Waals surface area contributed by atoms with E-state index in [0.29, 0.717) is 17.1 Å². The zero-order valence-electron chi connectivity index (χ0n) is 15.2. The summed E-state index contributed by atoms with van der Waals surface area (Å²) in [4.78, 5) is 3.98. The van der Waals surface area contributed by atoms with Gasteiger partial charge in [-0.3, -0.25) is 5.10 Å². The summed E-state index contributed by atoms with van der Waals surface area (Å²) in [5.74, 6) is 1.32. The Balaban J connectivity index is 1.49. The number of rotatable bonds is 4. The third kappa shape index (κ3) is 2.50. The SMILES string of the molecule is COc1c(C#N)ccc2c1CC[C@H]2Nc1ccc2[nH]nc(-c3cnco3)c2c1. The highest BCUT2D eigenvalue weighted by atomic mass is 16.5. The van der Waals surface area contributed by atoms with Crippen LogP contribution in [0.2, 0.25) is 0 Å². The maximum absolute atomic E-state index is 9.30. The molecule has 0 unspecified atom stereocenters. The van der Waals surface area contributed by atoms with E-state index in [1.165, 1.54) is 12.0 Å². The van der Waals surface area contributed by atoms with Crippen LogP contribution in [0.4, 0.5) is 5.69 Å². The van der Waals surface area contributed by atoms with E-state index in [2.05, 4.69) is 32.6 Å². The second kappa shape index (κ2) is 6.43. The third-order valence-corrected chi connectivity index (χ3v) is 5.25. The van der Waals surface area contributed by atoms with Crippen LogP contribution in [-0.2, 0) is 6.42 Å². The Morgan fingerprint density at radius 1 is 1.32 bits per heavy atom. The van der Waals surface area contributed by atoms with Crippen molar-refractivity contribution < 1.29 is 9.15 Å². The van der Waals surface area contributed by atoms with Crippen molar-refractivity contribution in [3.05, 3.63) is 59.6 Å². The fraction of sp³-hybridized carbons (Fsp3) is 0.190. The molecule has 0 aliphatic heterocycles. The smallest absolute Gasteiger partial charge is 0.181 e. The van der Waals surface area contributed by atoms with Gasteiger partial charge >= 0.3 is 0 Å². The molecule has 2 N–H and O–H groups in total. The van der Waals surface area contributed by atoms with Crippen LogP contribution in [0.25, 0.3) is 22.4 Å². The largest absolute Gasteiger partial charge is 0.495 e. The van der Waals surface area contributed by atoms with E-state index in [1.807, 2.05) is 24.3 Å². The van der Waals surface area contributed by atoms with Gasteiger partial charge < -0.3 is 14.5 Å². The molecule has 1 aliphatic rings. The third-order valence-electron chi connectivity index (χ3n) is 5.25. The number of ether oxygens (including phenoxy) is 1. The highest BCUT2D eigenvalue weighted by Gasteiger charge is 2.27. The summed E-state index contributed by atoms with van der Waals surface area (Å²) in [6.07, 6.45) is 4.88. The van der Waals surface area contributed by atoms with Gasteiger partial charge in [-0.25, -0.2) is 4.98 Å². The van der Waals surface area contributed by atoms with Crippen molar-refractivity contribution in [1.29, 1.82) is 5.26 Å². The van der Waals surface area contributed by atoms with E-state index in [4.69, 9.17) is 9.15 Å². The maximum Gasteiger partial charge on any atom is 0.181 e. The second-order valence-corrected chi connectivity index (χ2v) is 6.76. The highest BCUT2D eigenvalue weighted by molar-refractivity contribution is 5.93. The van der Waals surface area contributed by atoms with Crippen LogP contribution in [0.5, 0.6) is 5.75 Å². The summed E-state index contributed by atoms with van der Waals surface area (Å²) < 4.78 is 10.9. The van der Waals surface area contributed by atoms with E-state index >= 15 is 0 Å². The van der Waals surface area contributed by atoms with Crippen LogP contribution in [0.3, 0.4) is 0 Å². The molecule has 2 heterocycles. The molecule has 1 aliphatic carbocycles. The second-order valence-electron chi connectivity index (χ2n) is 6.76. The van der Waals surface area contributed by atoms with E-state index in [0.717, 1.165) is 40.7 Å². The molecule has 28 heavy (non-hydrogen) atoms. The average Bonchev–Trinajstić information content (AvgIpc) is 3.46. The predicted octanol–water partition coefficient (Wildman–Crippen LogP) is 4.20. The first-order valence-electron chi connectivity index (χ1n) is 9.02. The van der Waals surface area contributed by atoms with Crippen LogP contribution in [0.15, 0.2) is 47.3 Å². The number of H-pyrrole nitrogens is 1. The number of aromatic nitrogens is 3. The van der Waals surface area contributed by atoms with Crippen LogP contribution in [0, 0.1) is 11.3 Å². The lowest BCUT2D eigenvalue weighted by Gasteiger charge is -2.17. The summed E-state index contributed by atoms with van der Waals surface area (Å²) >= 11 is 0. The lowest BCUT2D eigenvalue weighted by molar-refractivity contribution is 0.409. The van der Waals surface area contributed by atoms with Crippen molar-refractivity contribution in [2.24, 2.45) is 0 Å². The summed E-state index contributed by atoms with van der Waals surface area (Å²) in [7, 11) is 1.62. The molecule has 7 nitrogen and oxygen atoms in total. The Bertz CT molecular complexity index is 1200. The van der Waals surface area contributed by atoms with Gasteiger partial charge in [-0.05, 0) is 42.7 Å². The zero-order valence-corrected chi connectivity index (χ0v) is 15.2. The molecule has 0 amide bonds. The van der Waals surface area contributed by atoms with Gasteiger partial charge in [0, 0.05) is 16.6 Å². The zero-order chi connectivity index (χ0) is 19.1. The van der Waals surface area contributed by atoms with E-state index in [-0.39, 0.29) is 6.04 Å². The van der Waals surface area contributed by atoms with Gasteiger partial charge in [0.05, 0.1) is 30.4 Å². The Morgan fingerprint density at radius 2 is 2.25 bits per heavy atom.